The predicted octanol–water partition coefficient (Wildman–Crippen LogP) is 2.09. The average Bonchev–Trinajstić information content (AvgIpc) is 2.94. The van der Waals surface area contributed by atoms with E-state index in [0.29, 0.717) is 23.3 Å². The smallest absolute Gasteiger partial charge is 0.250 e. The molecule has 2 rings (SSSR count). The minimum Gasteiger partial charge on any atom is -0.377 e. The van der Waals surface area contributed by atoms with Crippen LogP contribution in [0.15, 0.2) is 16.3 Å². The van der Waals surface area contributed by atoms with Gasteiger partial charge in [0.25, 0.3) is 0 Å². The molecule has 120 valence electrons. The SMILES string of the molecule is CC(C)NCc1ccc(S(=O)(=O)NCC2CCCCO2)s1. The van der Waals surface area contributed by atoms with Crippen molar-refractivity contribution in [1.29, 1.82) is 0 Å². The van der Waals surface area contributed by atoms with Crippen molar-refractivity contribution in [1.82, 2.24) is 10.0 Å². The topological polar surface area (TPSA) is 67.4 Å². The lowest BCUT2D eigenvalue weighted by Gasteiger charge is -2.22. The first-order valence-electron chi connectivity index (χ1n) is 7.41. The second kappa shape index (κ2) is 7.69. The van der Waals surface area contributed by atoms with Crippen molar-refractivity contribution >= 4 is 21.4 Å². The van der Waals surface area contributed by atoms with Crippen LogP contribution in [-0.4, -0.2) is 33.7 Å². The second-order valence-corrected chi connectivity index (χ2v) is 8.76. The molecule has 0 aliphatic carbocycles. The summed E-state index contributed by atoms with van der Waals surface area (Å²) in [6.07, 6.45) is 3.11. The van der Waals surface area contributed by atoms with E-state index in [1.165, 1.54) is 11.3 Å². The van der Waals surface area contributed by atoms with E-state index in [0.717, 1.165) is 30.7 Å². The summed E-state index contributed by atoms with van der Waals surface area (Å²) >= 11 is 1.31. The number of ether oxygens (including phenoxy) is 1. The molecule has 1 aliphatic heterocycles. The lowest BCUT2D eigenvalue weighted by Crippen LogP contribution is -2.35. The summed E-state index contributed by atoms with van der Waals surface area (Å²) in [6.45, 7) is 5.92. The summed E-state index contributed by atoms with van der Waals surface area (Å²) in [6, 6.07) is 3.92. The minimum absolute atomic E-state index is 0.00978. The van der Waals surface area contributed by atoms with Gasteiger partial charge >= 0.3 is 0 Å². The molecule has 0 saturated carbocycles. The van der Waals surface area contributed by atoms with Crippen molar-refractivity contribution < 1.29 is 13.2 Å². The first-order chi connectivity index (χ1) is 9.97. The fourth-order valence-corrected chi connectivity index (χ4v) is 4.56. The molecule has 1 fully saturated rings. The van der Waals surface area contributed by atoms with Gasteiger partial charge in [0.2, 0.25) is 10.0 Å². The van der Waals surface area contributed by atoms with Crippen molar-refractivity contribution in [3.8, 4) is 0 Å². The molecule has 1 unspecified atom stereocenters. The van der Waals surface area contributed by atoms with E-state index < -0.39 is 10.0 Å². The molecule has 0 bridgehead atoms. The van der Waals surface area contributed by atoms with Crippen molar-refractivity contribution in [2.75, 3.05) is 13.2 Å². The number of thiophene rings is 1. The van der Waals surface area contributed by atoms with Crippen LogP contribution in [0.25, 0.3) is 0 Å². The molecule has 21 heavy (non-hydrogen) atoms. The van der Waals surface area contributed by atoms with Crippen LogP contribution in [0.1, 0.15) is 38.0 Å². The summed E-state index contributed by atoms with van der Waals surface area (Å²) in [5.41, 5.74) is 0. The van der Waals surface area contributed by atoms with Crippen LogP contribution in [0.2, 0.25) is 0 Å². The Kier molecular flexibility index (Phi) is 6.19. The van der Waals surface area contributed by atoms with Gasteiger partial charge in [0.1, 0.15) is 4.21 Å². The molecule has 0 amide bonds. The van der Waals surface area contributed by atoms with Crippen LogP contribution in [0.4, 0.5) is 0 Å². The molecule has 2 heterocycles. The summed E-state index contributed by atoms with van der Waals surface area (Å²) in [7, 11) is -3.42. The van der Waals surface area contributed by atoms with Gasteiger partial charge in [-0.2, -0.15) is 0 Å². The Balaban J connectivity index is 1.89. The van der Waals surface area contributed by atoms with E-state index >= 15 is 0 Å². The van der Waals surface area contributed by atoms with Gasteiger partial charge in [0.05, 0.1) is 6.10 Å². The van der Waals surface area contributed by atoms with Crippen LogP contribution in [0.5, 0.6) is 0 Å². The van der Waals surface area contributed by atoms with Crippen LogP contribution < -0.4 is 10.0 Å². The van der Waals surface area contributed by atoms with Gasteiger partial charge in [0, 0.05) is 30.6 Å². The Hall–Kier alpha value is -0.470. The van der Waals surface area contributed by atoms with Gasteiger partial charge in [0.15, 0.2) is 0 Å². The molecule has 5 nitrogen and oxygen atoms in total. The first kappa shape index (κ1) is 16.9. The van der Waals surface area contributed by atoms with Crippen molar-refractivity contribution in [2.45, 2.75) is 56.0 Å². The zero-order chi connectivity index (χ0) is 15.3. The van der Waals surface area contributed by atoms with E-state index in [4.69, 9.17) is 4.74 Å². The molecule has 1 atom stereocenters. The molecule has 1 aliphatic rings. The van der Waals surface area contributed by atoms with Crippen molar-refractivity contribution in [3.63, 3.8) is 0 Å². The third kappa shape index (κ3) is 5.34. The Labute approximate surface area is 131 Å². The van der Waals surface area contributed by atoms with E-state index in [1.54, 1.807) is 6.07 Å². The van der Waals surface area contributed by atoms with Crippen molar-refractivity contribution in [2.24, 2.45) is 0 Å². The molecule has 2 N–H and O–H groups in total. The Morgan fingerprint density at radius 3 is 2.86 bits per heavy atom. The number of hydrogen-bond acceptors (Lipinski definition) is 5. The van der Waals surface area contributed by atoms with Gasteiger partial charge in [-0.05, 0) is 31.4 Å². The molecule has 1 aromatic rings. The monoisotopic (exact) mass is 332 g/mol. The van der Waals surface area contributed by atoms with Crippen molar-refractivity contribution in [3.05, 3.63) is 17.0 Å². The highest BCUT2D eigenvalue weighted by Crippen LogP contribution is 2.22. The number of nitrogens with one attached hydrogen (secondary N) is 2. The van der Waals surface area contributed by atoms with Crippen LogP contribution >= 0.6 is 11.3 Å². The van der Waals surface area contributed by atoms with Gasteiger partial charge < -0.3 is 10.1 Å². The molecule has 0 radical (unpaired) electrons. The third-order valence-electron chi connectivity index (χ3n) is 3.36. The fraction of sp³-hybridized carbons (Fsp3) is 0.714. The second-order valence-electron chi connectivity index (χ2n) is 5.60. The summed E-state index contributed by atoms with van der Waals surface area (Å²) in [5, 5.41) is 3.29. The van der Waals surface area contributed by atoms with E-state index in [1.807, 2.05) is 6.07 Å². The third-order valence-corrected chi connectivity index (χ3v) is 6.36. The molecule has 1 saturated heterocycles. The quantitative estimate of drug-likeness (QED) is 0.802. The van der Waals surface area contributed by atoms with Gasteiger partial charge in [-0.1, -0.05) is 13.8 Å². The lowest BCUT2D eigenvalue weighted by atomic mass is 10.1. The number of sulfonamides is 1. The molecule has 0 aromatic carbocycles. The largest absolute Gasteiger partial charge is 0.377 e. The Morgan fingerprint density at radius 2 is 2.19 bits per heavy atom. The van der Waals surface area contributed by atoms with E-state index in [-0.39, 0.29) is 6.10 Å². The molecular formula is C14H24N2O3S2. The Bertz CT molecular complexity index is 534. The van der Waals surface area contributed by atoms with E-state index in [2.05, 4.69) is 23.9 Å². The zero-order valence-electron chi connectivity index (χ0n) is 12.6. The average molecular weight is 332 g/mol. The van der Waals surface area contributed by atoms with E-state index in [9.17, 15) is 8.42 Å². The lowest BCUT2D eigenvalue weighted by molar-refractivity contribution is 0.0200. The normalized spacial score (nSPS) is 20.0. The number of rotatable bonds is 7. The van der Waals surface area contributed by atoms with Crippen LogP contribution in [-0.2, 0) is 21.3 Å². The highest BCUT2D eigenvalue weighted by molar-refractivity contribution is 7.91. The standard InChI is InChI=1S/C14H24N2O3S2/c1-11(2)15-10-13-6-7-14(20-13)21(17,18)16-9-12-5-3-4-8-19-12/h6-7,11-12,15-16H,3-5,8-10H2,1-2H3. The summed E-state index contributed by atoms with van der Waals surface area (Å²) in [4.78, 5) is 1.03. The highest BCUT2D eigenvalue weighted by atomic mass is 32.2. The van der Waals surface area contributed by atoms with Crippen LogP contribution in [0.3, 0.4) is 0 Å². The highest BCUT2D eigenvalue weighted by Gasteiger charge is 2.20. The maximum absolute atomic E-state index is 12.2. The predicted molar refractivity (Wildman–Crippen MR) is 85.1 cm³/mol. The maximum Gasteiger partial charge on any atom is 0.250 e. The van der Waals surface area contributed by atoms with Gasteiger partial charge in [-0.25, -0.2) is 13.1 Å². The van der Waals surface area contributed by atoms with Gasteiger partial charge in [-0.3, -0.25) is 0 Å². The molecule has 7 heteroatoms. The number of hydrogen-bond donors (Lipinski definition) is 2. The minimum atomic E-state index is -3.42. The van der Waals surface area contributed by atoms with Gasteiger partial charge in [-0.15, -0.1) is 11.3 Å². The molecular weight excluding hydrogens is 308 g/mol. The molecule has 1 aromatic heterocycles. The Morgan fingerprint density at radius 1 is 1.38 bits per heavy atom. The summed E-state index contributed by atoms with van der Waals surface area (Å²) < 4.78 is 33.1. The summed E-state index contributed by atoms with van der Waals surface area (Å²) in [5.74, 6) is 0. The molecule has 0 spiro atoms. The van der Waals surface area contributed by atoms with Crippen LogP contribution in [0, 0.1) is 0 Å². The zero-order valence-corrected chi connectivity index (χ0v) is 14.2. The maximum atomic E-state index is 12.2. The fourth-order valence-electron chi connectivity index (χ4n) is 2.14. The first-order valence-corrected chi connectivity index (χ1v) is 9.71.